The van der Waals surface area contributed by atoms with Crippen molar-refractivity contribution < 1.29 is 31.5 Å². The zero-order valence-corrected chi connectivity index (χ0v) is 22.4. The molecule has 1 N–H and O–H groups in total. The summed E-state index contributed by atoms with van der Waals surface area (Å²) in [6.45, 7) is 1.74. The van der Waals surface area contributed by atoms with Crippen LogP contribution in [0, 0.1) is 11.6 Å². The molecule has 1 aliphatic carbocycles. The summed E-state index contributed by atoms with van der Waals surface area (Å²) in [4.78, 5) is 12.5. The number of hydrogen-bond donors (Lipinski definition) is 1. The lowest BCUT2D eigenvalue weighted by Crippen LogP contribution is -2.12. The number of hydrogen-bond acceptors (Lipinski definition) is 5. The van der Waals surface area contributed by atoms with Crippen LogP contribution in [0.25, 0.3) is 11.1 Å². The minimum absolute atomic E-state index is 0.121. The summed E-state index contributed by atoms with van der Waals surface area (Å²) in [7, 11) is -3.60. The third-order valence-corrected chi connectivity index (χ3v) is 6.82. The third-order valence-electron chi connectivity index (χ3n) is 5.98. The van der Waals surface area contributed by atoms with E-state index in [4.69, 9.17) is 21.1 Å². The van der Waals surface area contributed by atoms with E-state index in [0.29, 0.717) is 34.7 Å². The Hall–Kier alpha value is -3.43. The van der Waals surface area contributed by atoms with Crippen molar-refractivity contribution >= 4 is 44.4 Å². The Balaban J connectivity index is 1.77. The molecule has 3 aromatic rings. The first kappa shape index (κ1) is 27.6. The second kappa shape index (κ2) is 11.5. The lowest BCUT2D eigenvalue weighted by molar-refractivity contribution is 0.0526. The Morgan fingerprint density at radius 1 is 1.03 bits per heavy atom. The van der Waals surface area contributed by atoms with Gasteiger partial charge in [0.1, 0.15) is 24.0 Å². The van der Waals surface area contributed by atoms with E-state index in [0.717, 1.165) is 29.9 Å². The van der Waals surface area contributed by atoms with Crippen LogP contribution in [-0.4, -0.2) is 27.2 Å². The van der Waals surface area contributed by atoms with Gasteiger partial charge in [-0.3, -0.25) is 4.72 Å². The molecule has 10 heteroatoms. The van der Waals surface area contributed by atoms with Crippen molar-refractivity contribution in [3.8, 4) is 5.75 Å². The fraction of sp³-hybridized carbons (Fsp3) is 0.250. The van der Waals surface area contributed by atoms with E-state index in [1.807, 2.05) is 0 Å². The maximum Gasteiger partial charge on any atom is 0.338 e. The van der Waals surface area contributed by atoms with Crippen LogP contribution in [0.3, 0.4) is 0 Å². The summed E-state index contributed by atoms with van der Waals surface area (Å²) in [5, 5.41) is 0.471. The highest BCUT2D eigenvalue weighted by Crippen LogP contribution is 2.44. The predicted octanol–water partition coefficient (Wildman–Crippen LogP) is 6.84. The molecule has 3 aromatic carbocycles. The Labute approximate surface area is 225 Å². The van der Waals surface area contributed by atoms with Gasteiger partial charge in [-0.15, -0.1) is 0 Å². The quantitative estimate of drug-likeness (QED) is 0.289. The van der Waals surface area contributed by atoms with Crippen molar-refractivity contribution in [2.45, 2.75) is 32.8 Å². The number of esters is 1. The maximum atomic E-state index is 14.2. The summed E-state index contributed by atoms with van der Waals surface area (Å²) in [5.74, 6) is -1.49. The van der Waals surface area contributed by atoms with Gasteiger partial charge in [-0.2, -0.15) is 0 Å². The van der Waals surface area contributed by atoms with Crippen molar-refractivity contribution in [3.63, 3.8) is 0 Å². The monoisotopic (exact) mass is 561 g/mol. The molecular formula is C28H26ClF2NO5S. The standard InChI is InChI=1S/C28H26ClF2NO5S/c1-3-36-28(33)19-11-18(12-22(13-19)32-38(2,34)35)23-5-4-6-24(23)25-14-20(29)8-10-27(25)37-16-17-7-9-21(30)15-26(17)31/h7-15,32H,3-6,16H2,1-2H3. The second-order valence-electron chi connectivity index (χ2n) is 8.87. The number of rotatable bonds is 9. The van der Waals surface area contributed by atoms with Crippen LogP contribution in [-0.2, 0) is 21.4 Å². The van der Waals surface area contributed by atoms with Crippen molar-refractivity contribution in [1.29, 1.82) is 0 Å². The maximum absolute atomic E-state index is 14.2. The Bertz CT molecular complexity index is 1520. The van der Waals surface area contributed by atoms with Crippen LogP contribution >= 0.6 is 11.6 Å². The molecule has 200 valence electrons. The number of benzene rings is 3. The van der Waals surface area contributed by atoms with Crippen LogP contribution in [0.4, 0.5) is 14.5 Å². The lowest BCUT2D eigenvalue weighted by Gasteiger charge is -2.16. The highest BCUT2D eigenvalue weighted by Gasteiger charge is 2.23. The van der Waals surface area contributed by atoms with E-state index in [1.54, 1.807) is 37.3 Å². The Morgan fingerprint density at radius 2 is 1.79 bits per heavy atom. The molecule has 0 saturated heterocycles. The van der Waals surface area contributed by atoms with Gasteiger partial charge in [0.05, 0.1) is 18.4 Å². The van der Waals surface area contributed by atoms with E-state index >= 15 is 0 Å². The van der Waals surface area contributed by atoms with Gasteiger partial charge in [-0.1, -0.05) is 11.6 Å². The fourth-order valence-corrected chi connectivity index (χ4v) is 5.14. The molecule has 4 rings (SSSR count). The number of anilines is 1. The minimum Gasteiger partial charge on any atom is -0.488 e. The molecule has 0 saturated carbocycles. The first-order chi connectivity index (χ1) is 18.0. The minimum atomic E-state index is -3.60. The van der Waals surface area contributed by atoms with Crippen LogP contribution in [0.1, 0.15) is 53.2 Å². The summed E-state index contributed by atoms with van der Waals surface area (Å²) in [6, 6.07) is 13.2. The van der Waals surface area contributed by atoms with Crippen LogP contribution in [0.15, 0.2) is 54.6 Å². The van der Waals surface area contributed by atoms with Gasteiger partial charge in [0.2, 0.25) is 10.0 Å². The lowest BCUT2D eigenvalue weighted by atomic mass is 9.95. The van der Waals surface area contributed by atoms with Crippen molar-refractivity contribution in [2.75, 3.05) is 17.6 Å². The molecule has 0 unspecified atom stereocenters. The number of ether oxygens (including phenoxy) is 2. The van der Waals surface area contributed by atoms with Gasteiger partial charge in [0, 0.05) is 27.9 Å². The average Bonchev–Trinajstić information content (AvgIpc) is 3.33. The molecule has 0 radical (unpaired) electrons. The molecular weight excluding hydrogens is 536 g/mol. The topological polar surface area (TPSA) is 81.7 Å². The van der Waals surface area contributed by atoms with Gasteiger partial charge < -0.3 is 9.47 Å². The number of nitrogens with one attached hydrogen (secondary N) is 1. The molecule has 0 aliphatic heterocycles. The average molecular weight is 562 g/mol. The molecule has 0 atom stereocenters. The Kier molecular flexibility index (Phi) is 8.38. The van der Waals surface area contributed by atoms with Crippen molar-refractivity contribution in [1.82, 2.24) is 0 Å². The van der Waals surface area contributed by atoms with E-state index in [-0.39, 0.29) is 30.0 Å². The molecule has 0 amide bonds. The molecule has 0 fully saturated rings. The first-order valence-corrected chi connectivity index (χ1v) is 14.2. The highest BCUT2D eigenvalue weighted by atomic mass is 35.5. The predicted molar refractivity (Wildman–Crippen MR) is 144 cm³/mol. The number of carbonyl (C=O) groups excluding carboxylic acids is 1. The molecule has 1 aliphatic rings. The second-order valence-corrected chi connectivity index (χ2v) is 11.1. The Morgan fingerprint density at radius 3 is 2.50 bits per heavy atom. The van der Waals surface area contributed by atoms with Gasteiger partial charge in [-0.25, -0.2) is 22.0 Å². The molecule has 0 spiro atoms. The van der Waals surface area contributed by atoms with Crippen LogP contribution in [0.2, 0.25) is 5.02 Å². The summed E-state index contributed by atoms with van der Waals surface area (Å²) < 4.78 is 64.9. The SMILES string of the molecule is CCOC(=O)c1cc(NS(C)(=O)=O)cc(C2=C(c3cc(Cl)ccc3OCc3ccc(F)cc3F)CCC2)c1. The van der Waals surface area contributed by atoms with E-state index in [2.05, 4.69) is 4.72 Å². The molecule has 0 bridgehead atoms. The fourth-order valence-electron chi connectivity index (χ4n) is 4.42. The summed E-state index contributed by atoms with van der Waals surface area (Å²) >= 11 is 6.33. The van der Waals surface area contributed by atoms with Crippen LogP contribution < -0.4 is 9.46 Å². The highest BCUT2D eigenvalue weighted by molar-refractivity contribution is 7.92. The molecule has 38 heavy (non-hydrogen) atoms. The largest absolute Gasteiger partial charge is 0.488 e. The number of carbonyl (C=O) groups is 1. The van der Waals surface area contributed by atoms with Gasteiger partial charge in [0.15, 0.2) is 0 Å². The number of sulfonamides is 1. The zero-order chi connectivity index (χ0) is 27.4. The smallest absolute Gasteiger partial charge is 0.338 e. The third kappa shape index (κ3) is 6.71. The van der Waals surface area contributed by atoms with Crippen molar-refractivity contribution in [2.24, 2.45) is 0 Å². The van der Waals surface area contributed by atoms with Gasteiger partial charge >= 0.3 is 5.97 Å². The normalized spacial score (nSPS) is 13.5. The molecule has 0 heterocycles. The van der Waals surface area contributed by atoms with Crippen molar-refractivity contribution in [3.05, 3.63) is 93.5 Å². The van der Waals surface area contributed by atoms with E-state index < -0.39 is 27.6 Å². The molecule has 6 nitrogen and oxygen atoms in total. The summed E-state index contributed by atoms with van der Waals surface area (Å²) in [6.07, 6.45) is 3.18. The van der Waals surface area contributed by atoms with Crippen LogP contribution in [0.5, 0.6) is 5.75 Å². The first-order valence-electron chi connectivity index (χ1n) is 11.9. The number of halogens is 3. The van der Waals surface area contributed by atoms with Gasteiger partial charge in [-0.05, 0) is 91.4 Å². The number of allylic oxidation sites excluding steroid dienone is 2. The zero-order valence-electron chi connectivity index (χ0n) is 20.8. The van der Waals surface area contributed by atoms with E-state index in [9.17, 15) is 22.0 Å². The van der Waals surface area contributed by atoms with E-state index in [1.165, 1.54) is 18.2 Å². The van der Waals surface area contributed by atoms with Gasteiger partial charge in [0.25, 0.3) is 0 Å². The summed E-state index contributed by atoms with van der Waals surface area (Å²) in [5.41, 5.74) is 3.81. The molecule has 0 aromatic heterocycles.